The molecule has 1 aliphatic heterocycles. The summed E-state index contributed by atoms with van der Waals surface area (Å²) in [6.07, 6.45) is -5.08. The Labute approximate surface area is 152 Å². The number of carboxylic acids is 1. The number of carboxylic acid groups (broad SMARTS) is 1. The number of fused-ring (bicyclic) bond motifs is 1. The number of nitrogen functional groups attached to an aromatic ring is 1. The molecule has 0 aliphatic carbocycles. The number of carbonyl (C=O) groups excluding carboxylic acids is 1. The first-order valence-corrected chi connectivity index (χ1v) is 8.59. The third-order valence-corrected chi connectivity index (χ3v) is 4.41. The average molecular weight is 411 g/mol. The molecule has 13 heteroatoms. The Morgan fingerprint density at radius 2 is 1.92 bits per heavy atom. The van der Waals surface area contributed by atoms with E-state index in [0.717, 1.165) is 5.69 Å². The van der Waals surface area contributed by atoms with Gasteiger partial charge in [0.1, 0.15) is 18.1 Å². The smallest absolute Gasteiger partial charge is 0.485 e. The summed E-state index contributed by atoms with van der Waals surface area (Å²) in [7, 11) is 0. The number of nitrogens with two attached hydrogens (primary N) is 1. The first kappa shape index (κ1) is 19.8. The Morgan fingerprint density at radius 3 is 2.50 bits per heavy atom. The average Bonchev–Trinajstić information content (AvgIpc) is 3.18. The number of thiazole rings is 1. The Balaban J connectivity index is 0.000000298. The molecule has 8 nitrogen and oxygen atoms in total. The number of aliphatic carboxylic acids is 1. The van der Waals surface area contributed by atoms with Crippen LogP contribution in [-0.4, -0.2) is 41.4 Å². The van der Waals surface area contributed by atoms with Gasteiger partial charge in [-0.3, -0.25) is 4.79 Å². The van der Waals surface area contributed by atoms with E-state index in [-0.39, 0.29) is 5.91 Å². The lowest BCUT2D eigenvalue weighted by Crippen LogP contribution is -2.23. The van der Waals surface area contributed by atoms with E-state index in [4.69, 9.17) is 25.1 Å². The monoisotopic (exact) mass is 411 g/mol. The first-order valence-electron chi connectivity index (χ1n) is 6.83. The molecule has 0 saturated carbocycles. The van der Waals surface area contributed by atoms with Gasteiger partial charge in [-0.2, -0.15) is 13.2 Å². The van der Waals surface area contributed by atoms with Crippen molar-refractivity contribution in [3.8, 4) is 11.5 Å². The lowest BCUT2D eigenvalue weighted by atomic mass is 10.3. The standard InChI is InChI=1S/C11H11N3O3S2.C2HF3O2/c12-11-14-6(4-19-11)3-13-10(15)9-8-7(5-18-9)16-1-2-17-8;3-2(4,5)1(6)7/h4-5H,1-3H2,(H2,12,14)(H,13,15);(H,6,7). The normalized spacial score (nSPS) is 12.7. The number of halogens is 3. The summed E-state index contributed by atoms with van der Waals surface area (Å²) in [4.78, 5) is 25.6. The summed E-state index contributed by atoms with van der Waals surface area (Å²) < 4.78 is 42.6. The molecule has 0 bridgehead atoms. The molecule has 0 unspecified atom stereocenters. The highest BCUT2D eigenvalue weighted by Crippen LogP contribution is 2.39. The molecule has 0 fully saturated rings. The van der Waals surface area contributed by atoms with Crippen molar-refractivity contribution in [1.82, 2.24) is 10.3 Å². The Hall–Kier alpha value is -2.54. The first-order chi connectivity index (χ1) is 12.2. The molecule has 0 atom stereocenters. The van der Waals surface area contributed by atoms with E-state index < -0.39 is 12.1 Å². The second kappa shape index (κ2) is 8.23. The minimum atomic E-state index is -5.08. The Kier molecular flexibility index (Phi) is 6.26. The van der Waals surface area contributed by atoms with Crippen molar-refractivity contribution in [2.75, 3.05) is 18.9 Å². The summed E-state index contributed by atoms with van der Waals surface area (Å²) >= 11 is 2.66. The number of rotatable bonds is 3. The molecular formula is C13H12F3N3O5S2. The van der Waals surface area contributed by atoms with Crippen molar-refractivity contribution >= 4 is 39.7 Å². The van der Waals surface area contributed by atoms with Crippen LogP contribution in [0.25, 0.3) is 0 Å². The summed E-state index contributed by atoms with van der Waals surface area (Å²) in [5, 5.41) is 14.0. The van der Waals surface area contributed by atoms with Crippen LogP contribution in [0, 0.1) is 0 Å². The van der Waals surface area contributed by atoms with Crippen LogP contribution in [0.5, 0.6) is 11.5 Å². The second-order valence-electron chi connectivity index (χ2n) is 4.62. The molecule has 0 radical (unpaired) electrons. The molecule has 1 amide bonds. The molecule has 3 rings (SSSR count). The molecule has 4 N–H and O–H groups in total. The van der Waals surface area contributed by atoms with Gasteiger partial charge < -0.3 is 25.6 Å². The van der Waals surface area contributed by atoms with Gasteiger partial charge in [0.2, 0.25) is 0 Å². The van der Waals surface area contributed by atoms with E-state index in [1.54, 1.807) is 5.38 Å². The number of nitrogens with zero attached hydrogens (tertiary/aromatic N) is 1. The SMILES string of the molecule is Nc1nc(CNC(=O)c2scc3c2OCCO3)cs1.O=C(O)C(F)(F)F. The zero-order valence-electron chi connectivity index (χ0n) is 12.8. The van der Waals surface area contributed by atoms with Crippen molar-refractivity contribution in [2.24, 2.45) is 0 Å². The van der Waals surface area contributed by atoms with Crippen molar-refractivity contribution in [1.29, 1.82) is 0 Å². The number of carbonyl (C=O) groups is 2. The van der Waals surface area contributed by atoms with Gasteiger partial charge in [0.05, 0.1) is 12.2 Å². The van der Waals surface area contributed by atoms with Crippen LogP contribution in [-0.2, 0) is 11.3 Å². The number of hydrogen-bond donors (Lipinski definition) is 3. The number of anilines is 1. The van der Waals surface area contributed by atoms with Crippen LogP contribution in [0.3, 0.4) is 0 Å². The van der Waals surface area contributed by atoms with E-state index in [0.29, 0.717) is 41.3 Å². The third kappa shape index (κ3) is 5.23. The zero-order valence-corrected chi connectivity index (χ0v) is 14.5. The van der Waals surface area contributed by atoms with Crippen LogP contribution in [0.4, 0.5) is 18.3 Å². The fraction of sp³-hybridized carbons (Fsp3) is 0.308. The van der Waals surface area contributed by atoms with Gasteiger partial charge in [-0.15, -0.1) is 22.7 Å². The molecule has 26 heavy (non-hydrogen) atoms. The number of nitrogens with one attached hydrogen (secondary N) is 1. The number of ether oxygens (including phenoxy) is 2. The highest BCUT2D eigenvalue weighted by molar-refractivity contribution is 7.13. The predicted octanol–water partition coefficient (Wildman–Crippen LogP) is 2.12. The van der Waals surface area contributed by atoms with Gasteiger partial charge in [0.25, 0.3) is 5.91 Å². The van der Waals surface area contributed by atoms with Crippen molar-refractivity contribution in [2.45, 2.75) is 12.7 Å². The van der Waals surface area contributed by atoms with E-state index in [1.165, 1.54) is 22.7 Å². The van der Waals surface area contributed by atoms with E-state index >= 15 is 0 Å². The van der Waals surface area contributed by atoms with Crippen LogP contribution in [0.15, 0.2) is 10.8 Å². The van der Waals surface area contributed by atoms with Crippen molar-refractivity contribution in [3.05, 3.63) is 21.3 Å². The minimum absolute atomic E-state index is 0.191. The summed E-state index contributed by atoms with van der Waals surface area (Å²) in [6, 6.07) is 0. The fourth-order valence-electron chi connectivity index (χ4n) is 1.67. The van der Waals surface area contributed by atoms with Gasteiger partial charge in [0, 0.05) is 10.8 Å². The number of aromatic nitrogens is 1. The van der Waals surface area contributed by atoms with Crippen LogP contribution >= 0.6 is 22.7 Å². The fourth-order valence-corrected chi connectivity index (χ4v) is 3.08. The maximum absolute atomic E-state index is 12.1. The van der Waals surface area contributed by atoms with E-state index in [9.17, 15) is 18.0 Å². The molecule has 2 aromatic heterocycles. The Bertz CT molecular complexity index is 790. The molecular weight excluding hydrogens is 399 g/mol. The van der Waals surface area contributed by atoms with Gasteiger partial charge >= 0.3 is 12.1 Å². The maximum Gasteiger partial charge on any atom is 0.490 e. The summed E-state index contributed by atoms with van der Waals surface area (Å²) in [5.41, 5.74) is 6.28. The zero-order chi connectivity index (χ0) is 19.3. The summed E-state index contributed by atoms with van der Waals surface area (Å²) in [5.74, 6) is -1.78. The molecule has 3 heterocycles. The molecule has 1 aliphatic rings. The van der Waals surface area contributed by atoms with Crippen molar-refractivity contribution < 1.29 is 37.3 Å². The molecule has 0 spiro atoms. The van der Waals surface area contributed by atoms with Gasteiger partial charge in [-0.05, 0) is 0 Å². The maximum atomic E-state index is 12.1. The lowest BCUT2D eigenvalue weighted by Gasteiger charge is -2.15. The highest BCUT2D eigenvalue weighted by Gasteiger charge is 2.38. The van der Waals surface area contributed by atoms with Crippen LogP contribution in [0.2, 0.25) is 0 Å². The number of alkyl halides is 3. The summed E-state index contributed by atoms with van der Waals surface area (Å²) in [6.45, 7) is 1.33. The minimum Gasteiger partial charge on any atom is -0.485 e. The second-order valence-corrected chi connectivity index (χ2v) is 6.39. The third-order valence-electron chi connectivity index (χ3n) is 2.75. The molecule has 0 aromatic carbocycles. The number of amides is 1. The number of thiophene rings is 1. The topological polar surface area (TPSA) is 124 Å². The molecule has 142 valence electrons. The quantitative estimate of drug-likeness (QED) is 0.707. The van der Waals surface area contributed by atoms with Gasteiger partial charge in [-0.1, -0.05) is 0 Å². The van der Waals surface area contributed by atoms with E-state index in [1.807, 2.05) is 5.38 Å². The lowest BCUT2D eigenvalue weighted by molar-refractivity contribution is -0.192. The van der Waals surface area contributed by atoms with Crippen molar-refractivity contribution in [3.63, 3.8) is 0 Å². The largest absolute Gasteiger partial charge is 0.490 e. The van der Waals surface area contributed by atoms with Gasteiger partial charge in [0.15, 0.2) is 16.6 Å². The van der Waals surface area contributed by atoms with E-state index in [2.05, 4.69) is 10.3 Å². The highest BCUT2D eigenvalue weighted by atomic mass is 32.1. The molecule has 0 saturated heterocycles. The molecule has 2 aromatic rings. The Morgan fingerprint density at radius 1 is 1.27 bits per heavy atom. The van der Waals surface area contributed by atoms with Crippen LogP contribution in [0.1, 0.15) is 15.4 Å². The number of hydrogen-bond acceptors (Lipinski definition) is 8. The van der Waals surface area contributed by atoms with Gasteiger partial charge in [-0.25, -0.2) is 9.78 Å². The predicted molar refractivity (Wildman–Crippen MR) is 86.7 cm³/mol. The van der Waals surface area contributed by atoms with Crippen LogP contribution < -0.4 is 20.5 Å².